The van der Waals surface area contributed by atoms with Crippen molar-refractivity contribution in [3.8, 4) is 0 Å². The number of halogens is 4. The van der Waals surface area contributed by atoms with Gasteiger partial charge < -0.3 is 0 Å². The van der Waals surface area contributed by atoms with Crippen LogP contribution in [-0.4, -0.2) is 12.9 Å². The van der Waals surface area contributed by atoms with Crippen molar-refractivity contribution in [2.24, 2.45) is 11.8 Å². The molecule has 1 saturated carbocycles. The number of hydrogen-bond donors (Lipinski definition) is 0. The Morgan fingerprint density at radius 3 is 1.40 bits per heavy atom. The Morgan fingerprint density at radius 1 is 0.900 bits per heavy atom. The summed E-state index contributed by atoms with van der Waals surface area (Å²) in [7, 11) is 0. The van der Waals surface area contributed by atoms with Crippen LogP contribution in [0.3, 0.4) is 0 Å². The first-order valence-corrected chi connectivity index (χ1v) is 3.19. The Morgan fingerprint density at radius 2 is 1.30 bits per heavy atom. The third-order valence-corrected chi connectivity index (χ3v) is 1.75. The van der Waals surface area contributed by atoms with Crippen LogP contribution in [0.1, 0.15) is 12.8 Å². The van der Waals surface area contributed by atoms with E-state index in [1.807, 2.05) is 0 Å². The van der Waals surface area contributed by atoms with Crippen LogP contribution in [0.2, 0.25) is 0 Å². The molecule has 0 radical (unpaired) electrons. The van der Waals surface area contributed by atoms with Crippen LogP contribution in [0.4, 0.5) is 17.6 Å². The lowest BCUT2D eigenvalue weighted by Gasteiger charge is -2.12. The third kappa shape index (κ3) is 1.61. The van der Waals surface area contributed by atoms with Gasteiger partial charge >= 0.3 is 0 Å². The van der Waals surface area contributed by atoms with Gasteiger partial charge in [0.25, 0.3) is 0 Å². The standard InChI is InChI=1S/C6H8F4/c7-5(8)4(6(9)10)3-1-2-3/h3-6H,1-2H2. The SMILES string of the molecule is FC(F)C(C(F)F)C1CC1. The lowest BCUT2D eigenvalue weighted by atomic mass is 10.1. The maximum absolute atomic E-state index is 11.8. The van der Waals surface area contributed by atoms with Gasteiger partial charge in [-0.2, -0.15) is 0 Å². The largest absolute Gasteiger partial charge is 0.247 e. The van der Waals surface area contributed by atoms with Crippen molar-refractivity contribution in [1.82, 2.24) is 0 Å². The van der Waals surface area contributed by atoms with E-state index >= 15 is 0 Å². The van der Waals surface area contributed by atoms with Gasteiger partial charge in [0.2, 0.25) is 12.9 Å². The first-order valence-electron chi connectivity index (χ1n) is 3.19. The number of rotatable bonds is 3. The van der Waals surface area contributed by atoms with Gasteiger partial charge in [0, 0.05) is 0 Å². The van der Waals surface area contributed by atoms with Gasteiger partial charge in [0.1, 0.15) is 0 Å². The highest BCUT2D eigenvalue weighted by Gasteiger charge is 2.42. The molecule has 0 spiro atoms. The Kier molecular flexibility index (Phi) is 2.16. The smallest absolute Gasteiger partial charge is 0.210 e. The Bertz CT molecular complexity index is 97.6. The molecule has 10 heavy (non-hydrogen) atoms. The first kappa shape index (κ1) is 7.82. The molecule has 0 unspecified atom stereocenters. The lowest BCUT2D eigenvalue weighted by Crippen LogP contribution is -2.21. The number of alkyl halides is 4. The van der Waals surface area contributed by atoms with Crippen molar-refractivity contribution in [3.63, 3.8) is 0 Å². The first-order chi connectivity index (χ1) is 4.63. The van der Waals surface area contributed by atoms with E-state index in [0.717, 1.165) is 0 Å². The third-order valence-electron chi connectivity index (χ3n) is 1.75. The molecule has 0 saturated heterocycles. The Balaban J connectivity index is 2.41. The van der Waals surface area contributed by atoms with E-state index in [1.165, 1.54) is 0 Å². The van der Waals surface area contributed by atoms with E-state index < -0.39 is 24.7 Å². The summed E-state index contributed by atoms with van der Waals surface area (Å²) in [6.07, 6.45) is -4.63. The zero-order valence-corrected chi connectivity index (χ0v) is 5.24. The maximum Gasteiger partial charge on any atom is 0.247 e. The van der Waals surface area contributed by atoms with Gasteiger partial charge in [0.05, 0.1) is 5.92 Å². The summed E-state index contributed by atoms with van der Waals surface area (Å²) in [5, 5.41) is 0. The van der Waals surface area contributed by atoms with E-state index in [2.05, 4.69) is 0 Å². The predicted molar refractivity (Wildman–Crippen MR) is 28.2 cm³/mol. The predicted octanol–water partition coefficient (Wildman–Crippen LogP) is 2.54. The van der Waals surface area contributed by atoms with Crippen LogP contribution < -0.4 is 0 Å². The highest BCUT2D eigenvalue weighted by atomic mass is 19.3. The molecular formula is C6H8F4. The van der Waals surface area contributed by atoms with E-state index in [4.69, 9.17) is 0 Å². The summed E-state index contributed by atoms with van der Waals surface area (Å²) < 4.78 is 47.0. The summed E-state index contributed by atoms with van der Waals surface area (Å²) in [5.74, 6) is -2.08. The molecule has 0 aromatic heterocycles. The Hall–Kier alpha value is -0.280. The van der Waals surface area contributed by atoms with Crippen molar-refractivity contribution >= 4 is 0 Å². The molecule has 60 valence electrons. The molecule has 0 aromatic carbocycles. The highest BCUT2D eigenvalue weighted by Crippen LogP contribution is 2.42. The van der Waals surface area contributed by atoms with Gasteiger partial charge in [0.15, 0.2) is 0 Å². The van der Waals surface area contributed by atoms with Gasteiger partial charge in [-0.15, -0.1) is 0 Å². The van der Waals surface area contributed by atoms with Gasteiger partial charge in [-0.1, -0.05) is 0 Å². The molecule has 1 aliphatic carbocycles. The molecule has 0 aliphatic heterocycles. The van der Waals surface area contributed by atoms with Gasteiger partial charge in [-0.05, 0) is 18.8 Å². The summed E-state index contributed by atoms with van der Waals surface area (Å²) in [5.41, 5.74) is 0. The van der Waals surface area contributed by atoms with Crippen LogP contribution in [-0.2, 0) is 0 Å². The molecular weight excluding hydrogens is 148 g/mol. The van der Waals surface area contributed by atoms with Crippen molar-refractivity contribution in [2.45, 2.75) is 25.7 Å². The highest BCUT2D eigenvalue weighted by molar-refractivity contribution is 4.84. The van der Waals surface area contributed by atoms with Crippen LogP contribution in [0.5, 0.6) is 0 Å². The maximum atomic E-state index is 11.8. The van der Waals surface area contributed by atoms with E-state index in [9.17, 15) is 17.6 Å². The molecule has 4 heteroatoms. The molecule has 1 rings (SSSR count). The fourth-order valence-corrected chi connectivity index (χ4v) is 1.00. The molecule has 0 heterocycles. The fourth-order valence-electron chi connectivity index (χ4n) is 1.00. The molecule has 0 amide bonds. The van der Waals surface area contributed by atoms with Crippen LogP contribution in [0, 0.1) is 11.8 Å². The summed E-state index contributed by atoms with van der Waals surface area (Å²) >= 11 is 0. The minimum atomic E-state index is -2.85. The van der Waals surface area contributed by atoms with Crippen molar-refractivity contribution in [3.05, 3.63) is 0 Å². The summed E-state index contributed by atoms with van der Waals surface area (Å²) in [6, 6.07) is 0. The van der Waals surface area contributed by atoms with Crippen molar-refractivity contribution < 1.29 is 17.6 Å². The average molecular weight is 156 g/mol. The monoisotopic (exact) mass is 156 g/mol. The molecule has 0 nitrogen and oxygen atoms in total. The lowest BCUT2D eigenvalue weighted by molar-refractivity contribution is -0.0374. The van der Waals surface area contributed by atoms with E-state index in [-0.39, 0.29) is 0 Å². The quantitative estimate of drug-likeness (QED) is 0.551. The second-order valence-corrected chi connectivity index (χ2v) is 2.58. The molecule has 0 atom stereocenters. The van der Waals surface area contributed by atoms with Crippen LogP contribution in [0.15, 0.2) is 0 Å². The average Bonchev–Trinajstić information content (AvgIpc) is 2.46. The minimum absolute atomic E-state index is 0.417. The minimum Gasteiger partial charge on any atom is -0.210 e. The molecule has 1 fully saturated rings. The fraction of sp³-hybridized carbons (Fsp3) is 1.00. The second kappa shape index (κ2) is 2.76. The van der Waals surface area contributed by atoms with Gasteiger partial charge in [-0.25, -0.2) is 17.6 Å². The second-order valence-electron chi connectivity index (χ2n) is 2.58. The molecule has 1 aliphatic rings. The molecule has 0 aromatic rings. The Labute approximate surface area is 56.2 Å². The van der Waals surface area contributed by atoms with Crippen molar-refractivity contribution in [2.75, 3.05) is 0 Å². The normalized spacial score (nSPS) is 19.5. The van der Waals surface area contributed by atoms with E-state index in [0.29, 0.717) is 12.8 Å². The molecule has 0 bridgehead atoms. The van der Waals surface area contributed by atoms with Crippen molar-refractivity contribution in [1.29, 1.82) is 0 Å². The van der Waals surface area contributed by atoms with Gasteiger partial charge in [-0.3, -0.25) is 0 Å². The van der Waals surface area contributed by atoms with E-state index in [1.54, 1.807) is 0 Å². The summed E-state index contributed by atoms with van der Waals surface area (Å²) in [6.45, 7) is 0. The topological polar surface area (TPSA) is 0 Å². The number of hydrogen-bond acceptors (Lipinski definition) is 0. The van der Waals surface area contributed by atoms with Crippen LogP contribution >= 0.6 is 0 Å². The zero-order chi connectivity index (χ0) is 7.72. The molecule has 0 N–H and O–H groups in total. The zero-order valence-electron chi connectivity index (χ0n) is 5.24. The van der Waals surface area contributed by atoms with Crippen LogP contribution in [0.25, 0.3) is 0 Å². The summed E-state index contributed by atoms with van der Waals surface area (Å²) in [4.78, 5) is 0.